The van der Waals surface area contributed by atoms with Crippen LogP contribution in [0, 0.1) is 5.82 Å². The first-order valence-corrected chi connectivity index (χ1v) is 5.78. The van der Waals surface area contributed by atoms with E-state index in [1.54, 1.807) is 7.05 Å². The first kappa shape index (κ1) is 13.7. The summed E-state index contributed by atoms with van der Waals surface area (Å²) in [4.78, 5) is 19.9. The lowest BCUT2D eigenvalue weighted by Crippen LogP contribution is -2.15. The van der Waals surface area contributed by atoms with E-state index in [9.17, 15) is 9.18 Å². The van der Waals surface area contributed by atoms with Crippen molar-refractivity contribution in [1.29, 1.82) is 0 Å². The van der Waals surface area contributed by atoms with Crippen LogP contribution in [-0.2, 0) is 0 Å². The Morgan fingerprint density at radius 3 is 2.70 bits per heavy atom. The summed E-state index contributed by atoms with van der Waals surface area (Å²) < 4.78 is 18.1. The molecule has 20 heavy (non-hydrogen) atoms. The molecule has 1 amide bonds. The molecule has 0 radical (unpaired) electrons. The van der Waals surface area contributed by atoms with E-state index in [1.807, 2.05) is 0 Å². The van der Waals surface area contributed by atoms with Crippen LogP contribution in [0.25, 0.3) is 0 Å². The van der Waals surface area contributed by atoms with E-state index in [0.717, 1.165) is 0 Å². The fraction of sp³-hybridized carbons (Fsp3) is 0.154. The Bertz CT molecular complexity index is 616. The van der Waals surface area contributed by atoms with Crippen molar-refractivity contribution in [3.63, 3.8) is 0 Å². The molecule has 0 saturated heterocycles. The summed E-state index contributed by atoms with van der Waals surface area (Å²) in [5, 5.41) is 5.39. The van der Waals surface area contributed by atoms with E-state index >= 15 is 0 Å². The van der Waals surface area contributed by atoms with Crippen LogP contribution in [0.4, 0.5) is 15.9 Å². The highest BCUT2D eigenvalue weighted by atomic mass is 19.1. The molecule has 0 aliphatic rings. The summed E-state index contributed by atoms with van der Waals surface area (Å²) >= 11 is 0. The third-order valence-corrected chi connectivity index (χ3v) is 2.55. The Morgan fingerprint density at radius 2 is 2.10 bits per heavy atom. The Balaban J connectivity index is 2.18. The molecule has 0 aliphatic heterocycles. The number of hydrogen-bond donors (Lipinski definition) is 2. The van der Waals surface area contributed by atoms with Crippen molar-refractivity contribution >= 4 is 17.4 Å². The van der Waals surface area contributed by atoms with Crippen LogP contribution in [-0.4, -0.2) is 30.0 Å². The van der Waals surface area contributed by atoms with Gasteiger partial charge in [0.2, 0.25) is 0 Å². The average molecular weight is 276 g/mol. The highest BCUT2D eigenvalue weighted by Gasteiger charge is 2.12. The van der Waals surface area contributed by atoms with Gasteiger partial charge in [0, 0.05) is 13.1 Å². The zero-order valence-electron chi connectivity index (χ0n) is 11.0. The minimum atomic E-state index is -0.454. The molecule has 0 aliphatic carbocycles. The number of nitrogens with one attached hydrogen (secondary N) is 2. The molecule has 0 fully saturated rings. The van der Waals surface area contributed by atoms with Crippen molar-refractivity contribution in [2.45, 2.75) is 0 Å². The van der Waals surface area contributed by atoms with Crippen LogP contribution in [0.3, 0.4) is 0 Å². The van der Waals surface area contributed by atoms with Crippen molar-refractivity contribution in [3.8, 4) is 5.75 Å². The summed E-state index contributed by atoms with van der Waals surface area (Å²) in [5.41, 5.74) is 0.508. The molecular weight excluding hydrogens is 263 g/mol. The Hall–Kier alpha value is -2.70. The molecule has 2 aromatic rings. The van der Waals surface area contributed by atoms with E-state index < -0.39 is 11.7 Å². The van der Waals surface area contributed by atoms with Crippen molar-refractivity contribution in [1.82, 2.24) is 9.97 Å². The highest BCUT2D eigenvalue weighted by molar-refractivity contribution is 6.03. The number of rotatable bonds is 4. The predicted molar refractivity (Wildman–Crippen MR) is 72.5 cm³/mol. The Labute approximate surface area is 115 Å². The maximum Gasteiger partial charge on any atom is 0.275 e. The van der Waals surface area contributed by atoms with Gasteiger partial charge in [-0.25, -0.2) is 14.4 Å². The molecule has 0 bridgehead atoms. The van der Waals surface area contributed by atoms with Crippen LogP contribution in [0.2, 0.25) is 0 Å². The number of nitrogens with zero attached hydrogens (tertiary/aromatic N) is 2. The summed E-state index contributed by atoms with van der Waals surface area (Å²) in [5.74, 6) is -0.109. The molecule has 1 heterocycles. The first-order chi connectivity index (χ1) is 9.63. The number of benzene rings is 1. The summed E-state index contributed by atoms with van der Waals surface area (Å²) in [6, 6.07) is 3.83. The standard InChI is InChI=1S/C13H13FN4O2/c1-15-12-7-16-10(6-17-12)13(19)18-9-4-3-8(14)5-11(9)20-2/h3-7H,1-2H3,(H,15,17)(H,18,19). The van der Waals surface area contributed by atoms with Crippen LogP contribution in [0.5, 0.6) is 5.75 Å². The van der Waals surface area contributed by atoms with E-state index in [0.29, 0.717) is 11.5 Å². The summed E-state index contributed by atoms with van der Waals surface area (Å²) in [6.07, 6.45) is 2.79. The largest absolute Gasteiger partial charge is 0.494 e. The molecular formula is C13H13FN4O2. The molecule has 6 nitrogen and oxygen atoms in total. The van der Waals surface area contributed by atoms with Crippen LogP contribution >= 0.6 is 0 Å². The second kappa shape index (κ2) is 5.96. The predicted octanol–water partition coefficient (Wildman–Crippen LogP) is 1.92. The zero-order valence-corrected chi connectivity index (χ0v) is 11.0. The van der Waals surface area contributed by atoms with Gasteiger partial charge < -0.3 is 15.4 Å². The third kappa shape index (κ3) is 3.00. The van der Waals surface area contributed by atoms with Crippen LogP contribution in [0.1, 0.15) is 10.5 Å². The smallest absolute Gasteiger partial charge is 0.275 e. The van der Waals surface area contributed by atoms with Gasteiger partial charge in [0.05, 0.1) is 25.2 Å². The molecule has 2 rings (SSSR count). The van der Waals surface area contributed by atoms with Gasteiger partial charge in [-0.2, -0.15) is 0 Å². The van der Waals surface area contributed by atoms with E-state index in [1.165, 1.54) is 37.7 Å². The molecule has 7 heteroatoms. The van der Waals surface area contributed by atoms with Gasteiger partial charge in [-0.15, -0.1) is 0 Å². The van der Waals surface area contributed by atoms with Gasteiger partial charge in [0.15, 0.2) is 0 Å². The van der Waals surface area contributed by atoms with Crippen molar-refractivity contribution in [2.24, 2.45) is 0 Å². The third-order valence-electron chi connectivity index (χ3n) is 2.55. The second-order valence-electron chi connectivity index (χ2n) is 3.84. The molecule has 1 aromatic heterocycles. The normalized spacial score (nSPS) is 9.95. The number of hydrogen-bond acceptors (Lipinski definition) is 5. The fourth-order valence-corrected chi connectivity index (χ4v) is 1.53. The molecule has 104 valence electrons. The molecule has 2 N–H and O–H groups in total. The molecule has 0 saturated carbocycles. The number of methoxy groups -OCH3 is 1. The van der Waals surface area contributed by atoms with Crippen molar-refractivity contribution < 1.29 is 13.9 Å². The average Bonchev–Trinajstić information content (AvgIpc) is 2.49. The molecule has 1 aromatic carbocycles. The maximum atomic E-state index is 13.1. The number of carbonyl (C=O) groups is 1. The fourth-order valence-electron chi connectivity index (χ4n) is 1.53. The van der Waals surface area contributed by atoms with Gasteiger partial charge in [-0.05, 0) is 12.1 Å². The van der Waals surface area contributed by atoms with Gasteiger partial charge in [-0.3, -0.25) is 4.79 Å². The van der Waals surface area contributed by atoms with Gasteiger partial charge >= 0.3 is 0 Å². The van der Waals surface area contributed by atoms with Gasteiger partial charge in [0.1, 0.15) is 23.1 Å². The SMILES string of the molecule is CNc1cnc(C(=O)Nc2ccc(F)cc2OC)cn1. The van der Waals surface area contributed by atoms with Crippen molar-refractivity contribution in [3.05, 3.63) is 42.1 Å². The number of ether oxygens (including phenoxy) is 1. The first-order valence-electron chi connectivity index (χ1n) is 5.78. The molecule has 0 spiro atoms. The zero-order chi connectivity index (χ0) is 14.5. The van der Waals surface area contributed by atoms with E-state index in [4.69, 9.17) is 4.74 Å². The molecule has 0 atom stereocenters. The van der Waals surface area contributed by atoms with Crippen molar-refractivity contribution in [2.75, 3.05) is 24.8 Å². The lowest BCUT2D eigenvalue weighted by Gasteiger charge is -2.09. The Morgan fingerprint density at radius 1 is 1.30 bits per heavy atom. The number of halogens is 1. The van der Waals surface area contributed by atoms with E-state index in [-0.39, 0.29) is 11.4 Å². The van der Waals surface area contributed by atoms with E-state index in [2.05, 4.69) is 20.6 Å². The minimum absolute atomic E-state index is 0.148. The van der Waals surface area contributed by atoms with Gasteiger partial charge in [0.25, 0.3) is 5.91 Å². The van der Waals surface area contributed by atoms with Crippen LogP contribution in [0.15, 0.2) is 30.6 Å². The Kier molecular flexibility index (Phi) is 4.09. The highest BCUT2D eigenvalue weighted by Crippen LogP contribution is 2.25. The summed E-state index contributed by atoms with van der Waals surface area (Å²) in [6.45, 7) is 0. The second-order valence-corrected chi connectivity index (χ2v) is 3.84. The summed E-state index contributed by atoms with van der Waals surface area (Å²) in [7, 11) is 3.10. The lowest BCUT2D eigenvalue weighted by molar-refractivity contribution is 0.102. The van der Waals surface area contributed by atoms with Gasteiger partial charge in [-0.1, -0.05) is 0 Å². The number of amides is 1. The topological polar surface area (TPSA) is 76.1 Å². The monoisotopic (exact) mass is 276 g/mol. The quantitative estimate of drug-likeness (QED) is 0.892. The lowest BCUT2D eigenvalue weighted by atomic mass is 10.2. The maximum absolute atomic E-state index is 13.1. The number of aromatic nitrogens is 2. The minimum Gasteiger partial charge on any atom is -0.494 e. The number of anilines is 2. The molecule has 0 unspecified atom stereocenters. The number of carbonyl (C=O) groups excluding carboxylic acids is 1. The van der Waals surface area contributed by atoms with Crippen LogP contribution < -0.4 is 15.4 Å².